The molecule has 0 bridgehead atoms. The predicted molar refractivity (Wildman–Crippen MR) is 37.5 cm³/mol. The first-order valence-corrected chi connectivity index (χ1v) is 3.58. The number of hydrogen-bond donors (Lipinski definition) is 2. The van der Waals surface area contributed by atoms with Crippen molar-refractivity contribution in [3.05, 3.63) is 0 Å². The lowest BCUT2D eigenvalue weighted by Gasteiger charge is -2.30. The van der Waals surface area contributed by atoms with Crippen LogP contribution in [0.25, 0.3) is 0 Å². The van der Waals surface area contributed by atoms with Crippen LogP contribution < -0.4 is 5.73 Å². The molecule has 1 aliphatic carbocycles. The van der Waals surface area contributed by atoms with Gasteiger partial charge >= 0.3 is 0 Å². The summed E-state index contributed by atoms with van der Waals surface area (Å²) in [6, 6.07) is 0. The number of hydrogen-bond acceptors (Lipinski definition) is 3. The van der Waals surface area contributed by atoms with E-state index in [4.69, 9.17) is 10.8 Å². The van der Waals surface area contributed by atoms with Gasteiger partial charge in [0.15, 0.2) is 0 Å². The second kappa shape index (κ2) is 2.68. The van der Waals surface area contributed by atoms with E-state index in [0.29, 0.717) is 25.7 Å². The smallest absolute Gasteiger partial charge is 0.133 e. The molecule has 58 valence electrons. The first-order chi connectivity index (χ1) is 4.66. The molecule has 0 aromatic rings. The Morgan fingerprint density at radius 1 is 1.50 bits per heavy atom. The van der Waals surface area contributed by atoms with Crippen LogP contribution in [0.1, 0.15) is 25.7 Å². The lowest BCUT2D eigenvalue weighted by Crippen LogP contribution is -2.46. The lowest BCUT2D eigenvalue weighted by atomic mass is 9.83. The van der Waals surface area contributed by atoms with Crippen molar-refractivity contribution in [1.29, 1.82) is 0 Å². The average Bonchev–Trinajstić information content (AvgIpc) is 1.96. The Labute approximate surface area is 60.2 Å². The zero-order chi connectivity index (χ0) is 7.61. The van der Waals surface area contributed by atoms with Crippen molar-refractivity contribution < 1.29 is 9.90 Å². The molecule has 1 rings (SSSR count). The second-order valence-electron chi connectivity index (χ2n) is 3.06. The summed E-state index contributed by atoms with van der Waals surface area (Å²) >= 11 is 0. The van der Waals surface area contributed by atoms with Crippen molar-refractivity contribution in [2.75, 3.05) is 6.61 Å². The summed E-state index contributed by atoms with van der Waals surface area (Å²) in [5.41, 5.74) is 5.25. The van der Waals surface area contributed by atoms with E-state index in [1.807, 2.05) is 0 Å². The number of rotatable bonds is 1. The Morgan fingerprint density at radius 3 is 2.40 bits per heavy atom. The van der Waals surface area contributed by atoms with E-state index < -0.39 is 5.54 Å². The van der Waals surface area contributed by atoms with E-state index in [9.17, 15) is 4.79 Å². The summed E-state index contributed by atoms with van der Waals surface area (Å²) in [5.74, 6) is 0.273. The normalized spacial score (nSPS) is 24.8. The molecule has 0 spiro atoms. The molecule has 10 heavy (non-hydrogen) atoms. The summed E-state index contributed by atoms with van der Waals surface area (Å²) in [6.07, 6.45) is 2.36. The third-order valence-corrected chi connectivity index (χ3v) is 2.12. The third kappa shape index (κ3) is 1.55. The molecular formula is C7H13NO2. The Bertz CT molecular complexity index is 135. The van der Waals surface area contributed by atoms with Gasteiger partial charge in [0.1, 0.15) is 5.78 Å². The van der Waals surface area contributed by atoms with Gasteiger partial charge in [-0.05, 0) is 12.8 Å². The van der Waals surface area contributed by atoms with Gasteiger partial charge < -0.3 is 10.8 Å². The van der Waals surface area contributed by atoms with Crippen LogP contribution in [-0.2, 0) is 4.79 Å². The van der Waals surface area contributed by atoms with Crippen LogP contribution in [0.3, 0.4) is 0 Å². The first kappa shape index (κ1) is 7.69. The van der Waals surface area contributed by atoms with Gasteiger partial charge in [0.2, 0.25) is 0 Å². The highest BCUT2D eigenvalue weighted by molar-refractivity contribution is 5.79. The monoisotopic (exact) mass is 143 g/mol. The Morgan fingerprint density at radius 2 is 2.00 bits per heavy atom. The summed E-state index contributed by atoms with van der Waals surface area (Å²) < 4.78 is 0. The van der Waals surface area contributed by atoms with Gasteiger partial charge in [0.05, 0.1) is 6.61 Å². The number of carbonyl (C=O) groups excluding carboxylic acids is 1. The molecular weight excluding hydrogens is 130 g/mol. The van der Waals surface area contributed by atoms with Crippen molar-refractivity contribution in [3.63, 3.8) is 0 Å². The van der Waals surface area contributed by atoms with Gasteiger partial charge in [-0.1, -0.05) is 0 Å². The van der Waals surface area contributed by atoms with Gasteiger partial charge in [-0.25, -0.2) is 0 Å². The topological polar surface area (TPSA) is 63.3 Å². The average molecular weight is 143 g/mol. The van der Waals surface area contributed by atoms with E-state index in [1.165, 1.54) is 0 Å². The van der Waals surface area contributed by atoms with Crippen molar-refractivity contribution in [2.45, 2.75) is 31.2 Å². The van der Waals surface area contributed by atoms with Crippen LogP contribution in [0, 0.1) is 0 Å². The molecule has 0 aliphatic heterocycles. The molecule has 3 N–H and O–H groups in total. The Hall–Kier alpha value is -0.410. The quantitative estimate of drug-likeness (QED) is 0.535. The Balaban J connectivity index is 2.46. The molecule has 3 heteroatoms. The van der Waals surface area contributed by atoms with Gasteiger partial charge in [-0.15, -0.1) is 0 Å². The van der Waals surface area contributed by atoms with E-state index in [1.54, 1.807) is 0 Å². The molecule has 1 aliphatic rings. The maximum Gasteiger partial charge on any atom is 0.133 e. The fourth-order valence-corrected chi connectivity index (χ4v) is 1.18. The van der Waals surface area contributed by atoms with Crippen LogP contribution in [0.15, 0.2) is 0 Å². The fraction of sp³-hybridized carbons (Fsp3) is 0.857. The SMILES string of the molecule is NC1(CO)CCC(=O)CC1. The van der Waals surface area contributed by atoms with Crippen LogP contribution >= 0.6 is 0 Å². The van der Waals surface area contributed by atoms with Gasteiger partial charge in [-0.3, -0.25) is 4.79 Å². The van der Waals surface area contributed by atoms with Gasteiger partial charge in [0, 0.05) is 18.4 Å². The first-order valence-electron chi connectivity index (χ1n) is 3.58. The summed E-state index contributed by atoms with van der Waals surface area (Å²) in [7, 11) is 0. The molecule has 0 aromatic heterocycles. The van der Waals surface area contributed by atoms with Gasteiger partial charge in [-0.2, -0.15) is 0 Å². The lowest BCUT2D eigenvalue weighted by molar-refractivity contribution is -0.121. The summed E-state index contributed by atoms with van der Waals surface area (Å²) in [6.45, 7) is 0.000278. The number of Topliss-reactive ketones (excluding diaryl/α,β-unsaturated/α-hetero) is 1. The minimum absolute atomic E-state index is 0.000278. The minimum atomic E-state index is -0.464. The van der Waals surface area contributed by atoms with Gasteiger partial charge in [0.25, 0.3) is 0 Å². The third-order valence-electron chi connectivity index (χ3n) is 2.12. The number of carbonyl (C=O) groups is 1. The van der Waals surface area contributed by atoms with Crippen molar-refractivity contribution >= 4 is 5.78 Å². The highest BCUT2D eigenvalue weighted by atomic mass is 16.3. The van der Waals surface area contributed by atoms with Crippen molar-refractivity contribution in [3.8, 4) is 0 Å². The summed E-state index contributed by atoms with van der Waals surface area (Å²) in [4.78, 5) is 10.7. The molecule has 0 radical (unpaired) electrons. The number of ketones is 1. The van der Waals surface area contributed by atoms with Crippen LogP contribution in [-0.4, -0.2) is 23.0 Å². The van der Waals surface area contributed by atoms with Crippen molar-refractivity contribution in [1.82, 2.24) is 0 Å². The molecule has 0 unspecified atom stereocenters. The highest BCUT2D eigenvalue weighted by Crippen LogP contribution is 2.22. The minimum Gasteiger partial charge on any atom is -0.394 e. The molecule has 1 fully saturated rings. The molecule has 0 aromatic carbocycles. The largest absolute Gasteiger partial charge is 0.394 e. The van der Waals surface area contributed by atoms with Crippen LogP contribution in [0.2, 0.25) is 0 Å². The van der Waals surface area contributed by atoms with Crippen LogP contribution in [0.5, 0.6) is 0 Å². The molecule has 0 atom stereocenters. The zero-order valence-electron chi connectivity index (χ0n) is 5.97. The summed E-state index contributed by atoms with van der Waals surface area (Å²) in [5, 5.41) is 8.80. The van der Waals surface area contributed by atoms with E-state index >= 15 is 0 Å². The van der Waals surface area contributed by atoms with E-state index in [0.717, 1.165) is 0 Å². The fourth-order valence-electron chi connectivity index (χ4n) is 1.18. The molecule has 3 nitrogen and oxygen atoms in total. The van der Waals surface area contributed by atoms with Crippen molar-refractivity contribution in [2.24, 2.45) is 5.73 Å². The maximum absolute atomic E-state index is 10.7. The molecule has 0 heterocycles. The standard InChI is InChI=1S/C7H13NO2/c8-7(5-9)3-1-6(10)2-4-7/h9H,1-5,8H2. The molecule has 0 amide bonds. The number of nitrogens with two attached hydrogens (primary N) is 1. The maximum atomic E-state index is 10.7. The molecule has 0 saturated heterocycles. The zero-order valence-corrected chi connectivity index (χ0v) is 5.97. The number of aliphatic hydroxyl groups excluding tert-OH is 1. The number of aliphatic hydroxyl groups is 1. The molecule has 1 saturated carbocycles. The highest BCUT2D eigenvalue weighted by Gasteiger charge is 2.29. The predicted octanol–water partition coefficient (Wildman–Crippen LogP) is -0.181. The van der Waals surface area contributed by atoms with E-state index in [2.05, 4.69) is 0 Å². The second-order valence-corrected chi connectivity index (χ2v) is 3.06. The Kier molecular flexibility index (Phi) is 2.06. The van der Waals surface area contributed by atoms with Crippen LogP contribution in [0.4, 0.5) is 0 Å². The van der Waals surface area contributed by atoms with E-state index in [-0.39, 0.29) is 12.4 Å².